The Morgan fingerprint density at radius 2 is 2.00 bits per heavy atom. The van der Waals surface area contributed by atoms with Gasteiger partial charge in [-0.1, -0.05) is 12.5 Å². The topological polar surface area (TPSA) is 16.1 Å². The third kappa shape index (κ3) is 1.80. The van der Waals surface area contributed by atoms with Gasteiger partial charge in [0.05, 0.1) is 11.6 Å². The molecule has 86 valence electrons. The number of anilines is 1. The van der Waals surface area contributed by atoms with E-state index >= 15 is 0 Å². The lowest BCUT2D eigenvalue weighted by molar-refractivity contribution is 0.494. The Balaban J connectivity index is 1.78. The monoisotopic (exact) mass is 236 g/mol. The third-order valence-corrected chi connectivity index (χ3v) is 4.25. The number of aromatic nitrogens is 1. The fraction of sp³-hybridized carbons (Fsp3) is 0.615. The molecule has 1 aromatic heterocycles. The molecule has 2 nitrogen and oxygen atoms in total. The van der Waals surface area contributed by atoms with E-state index in [9.17, 15) is 0 Å². The summed E-state index contributed by atoms with van der Waals surface area (Å²) in [5.41, 5.74) is 0.983. The second-order valence-electron chi connectivity index (χ2n) is 4.98. The highest BCUT2D eigenvalue weighted by Gasteiger charge is 2.36. The second-order valence-corrected chi connectivity index (χ2v) is 5.24. The van der Waals surface area contributed by atoms with Gasteiger partial charge < -0.3 is 4.90 Å². The Bertz CT molecular complexity index is 368. The van der Waals surface area contributed by atoms with Crippen LogP contribution in [0.4, 0.5) is 5.82 Å². The van der Waals surface area contributed by atoms with Crippen molar-refractivity contribution in [3.63, 3.8) is 0 Å². The van der Waals surface area contributed by atoms with E-state index < -0.39 is 0 Å². The standard InChI is InChI=1S/C13H17ClN2/c14-7-12-5-2-6-13(15-12)16-8-10-3-1-4-11(10)9-16/h2,5-6,10-11H,1,3-4,7-9H2. The number of alkyl halides is 1. The molecule has 2 atom stereocenters. The molecule has 3 heteroatoms. The molecule has 1 aromatic rings. The van der Waals surface area contributed by atoms with E-state index in [1.807, 2.05) is 6.07 Å². The highest BCUT2D eigenvalue weighted by atomic mass is 35.5. The zero-order valence-electron chi connectivity index (χ0n) is 9.40. The molecular weight excluding hydrogens is 220 g/mol. The molecule has 0 amide bonds. The minimum absolute atomic E-state index is 0.508. The summed E-state index contributed by atoms with van der Waals surface area (Å²) in [6.45, 7) is 2.40. The number of hydrogen-bond acceptors (Lipinski definition) is 2. The molecule has 2 unspecified atom stereocenters. The molecular formula is C13H17ClN2. The SMILES string of the molecule is ClCc1cccc(N2CC3CCCC3C2)n1. The summed E-state index contributed by atoms with van der Waals surface area (Å²) in [5.74, 6) is 3.46. The number of fused-ring (bicyclic) bond motifs is 1. The van der Waals surface area contributed by atoms with E-state index in [0.717, 1.165) is 23.3 Å². The summed E-state index contributed by atoms with van der Waals surface area (Å²) in [5, 5.41) is 0. The summed E-state index contributed by atoms with van der Waals surface area (Å²) in [7, 11) is 0. The van der Waals surface area contributed by atoms with Crippen molar-refractivity contribution in [2.75, 3.05) is 18.0 Å². The van der Waals surface area contributed by atoms with Crippen LogP contribution in [0, 0.1) is 11.8 Å². The first-order chi connectivity index (χ1) is 7.86. The number of hydrogen-bond donors (Lipinski definition) is 0. The smallest absolute Gasteiger partial charge is 0.128 e. The van der Waals surface area contributed by atoms with E-state index in [-0.39, 0.29) is 0 Å². The molecule has 0 bridgehead atoms. The van der Waals surface area contributed by atoms with E-state index in [1.54, 1.807) is 0 Å². The summed E-state index contributed by atoms with van der Waals surface area (Å²) in [6.07, 6.45) is 4.26. The van der Waals surface area contributed by atoms with Crippen LogP contribution in [-0.4, -0.2) is 18.1 Å². The Labute approximate surface area is 102 Å². The lowest BCUT2D eigenvalue weighted by atomic mass is 10.0. The van der Waals surface area contributed by atoms with Gasteiger partial charge in [-0.05, 0) is 36.8 Å². The normalized spacial score (nSPS) is 28.4. The Hall–Kier alpha value is -0.760. The molecule has 2 heterocycles. The molecule has 16 heavy (non-hydrogen) atoms. The molecule has 0 aromatic carbocycles. The van der Waals surface area contributed by atoms with Crippen LogP contribution in [0.15, 0.2) is 18.2 Å². The van der Waals surface area contributed by atoms with E-state index in [1.165, 1.54) is 32.4 Å². The maximum absolute atomic E-state index is 5.82. The highest BCUT2D eigenvalue weighted by Crippen LogP contribution is 2.39. The molecule has 0 spiro atoms. The van der Waals surface area contributed by atoms with Crippen molar-refractivity contribution < 1.29 is 0 Å². The van der Waals surface area contributed by atoms with Gasteiger partial charge in [-0.15, -0.1) is 11.6 Å². The van der Waals surface area contributed by atoms with Gasteiger partial charge in [-0.25, -0.2) is 4.98 Å². The predicted octanol–water partition coefficient (Wildman–Crippen LogP) is 3.06. The quantitative estimate of drug-likeness (QED) is 0.734. The van der Waals surface area contributed by atoms with Crippen molar-refractivity contribution >= 4 is 17.4 Å². The summed E-state index contributed by atoms with van der Waals surface area (Å²) >= 11 is 5.82. The average Bonchev–Trinajstić information content (AvgIpc) is 2.89. The first-order valence-corrected chi connectivity index (χ1v) is 6.67. The molecule has 2 aliphatic rings. The van der Waals surface area contributed by atoms with Crippen LogP contribution in [0.1, 0.15) is 25.0 Å². The molecule has 1 saturated heterocycles. The van der Waals surface area contributed by atoms with Crippen LogP contribution in [0.3, 0.4) is 0 Å². The zero-order valence-corrected chi connectivity index (χ0v) is 10.2. The summed E-state index contributed by atoms with van der Waals surface area (Å²) in [4.78, 5) is 7.03. The van der Waals surface area contributed by atoms with E-state index in [4.69, 9.17) is 11.6 Å². The number of pyridine rings is 1. The Morgan fingerprint density at radius 3 is 2.69 bits per heavy atom. The van der Waals surface area contributed by atoms with Crippen LogP contribution in [-0.2, 0) is 5.88 Å². The van der Waals surface area contributed by atoms with Crippen molar-refractivity contribution in [2.45, 2.75) is 25.1 Å². The van der Waals surface area contributed by atoms with Crippen LogP contribution >= 0.6 is 11.6 Å². The minimum atomic E-state index is 0.508. The minimum Gasteiger partial charge on any atom is -0.356 e. The van der Waals surface area contributed by atoms with Gasteiger partial charge >= 0.3 is 0 Å². The molecule has 1 aliphatic heterocycles. The fourth-order valence-corrected chi connectivity index (χ4v) is 3.29. The van der Waals surface area contributed by atoms with Crippen LogP contribution in [0.5, 0.6) is 0 Å². The first kappa shape index (κ1) is 10.4. The van der Waals surface area contributed by atoms with Gasteiger partial charge in [0, 0.05) is 13.1 Å². The van der Waals surface area contributed by atoms with Crippen molar-refractivity contribution in [3.05, 3.63) is 23.9 Å². The van der Waals surface area contributed by atoms with Crippen molar-refractivity contribution in [3.8, 4) is 0 Å². The van der Waals surface area contributed by atoms with Crippen LogP contribution < -0.4 is 4.90 Å². The van der Waals surface area contributed by atoms with E-state index in [2.05, 4.69) is 22.0 Å². The van der Waals surface area contributed by atoms with Gasteiger partial charge in [0.1, 0.15) is 5.82 Å². The fourth-order valence-electron chi connectivity index (χ4n) is 3.14. The highest BCUT2D eigenvalue weighted by molar-refractivity contribution is 6.16. The molecule has 1 saturated carbocycles. The third-order valence-electron chi connectivity index (χ3n) is 3.98. The Kier molecular flexibility index (Phi) is 2.76. The maximum atomic E-state index is 5.82. The molecule has 3 rings (SSSR count). The van der Waals surface area contributed by atoms with Crippen LogP contribution in [0.25, 0.3) is 0 Å². The summed E-state index contributed by atoms with van der Waals surface area (Å²) < 4.78 is 0. The lowest BCUT2D eigenvalue weighted by Crippen LogP contribution is -2.22. The van der Waals surface area contributed by atoms with Gasteiger partial charge in [0.2, 0.25) is 0 Å². The van der Waals surface area contributed by atoms with Crippen molar-refractivity contribution in [1.29, 1.82) is 0 Å². The molecule has 0 N–H and O–H groups in total. The Morgan fingerprint density at radius 1 is 1.25 bits per heavy atom. The van der Waals surface area contributed by atoms with Gasteiger partial charge in [0.15, 0.2) is 0 Å². The number of halogens is 1. The predicted molar refractivity (Wildman–Crippen MR) is 66.8 cm³/mol. The van der Waals surface area contributed by atoms with Crippen LogP contribution in [0.2, 0.25) is 0 Å². The molecule has 0 radical (unpaired) electrons. The maximum Gasteiger partial charge on any atom is 0.128 e. The van der Waals surface area contributed by atoms with Crippen molar-refractivity contribution in [1.82, 2.24) is 4.98 Å². The van der Waals surface area contributed by atoms with Crippen molar-refractivity contribution in [2.24, 2.45) is 11.8 Å². The zero-order chi connectivity index (χ0) is 11.0. The largest absolute Gasteiger partial charge is 0.356 e. The number of rotatable bonds is 2. The van der Waals surface area contributed by atoms with E-state index in [0.29, 0.717) is 5.88 Å². The second kappa shape index (κ2) is 4.25. The number of nitrogens with zero attached hydrogens (tertiary/aromatic N) is 2. The average molecular weight is 237 g/mol. The van der Waals surface area contributed by atoms with Gasteiger partial charge in [-0.2, -0.15) is 0 Å². The lowest BCUT2D eigenvalue weighted by Gasteiger charge is -2.18. The van der Waals surface area contributed by atoms with Gasteiger partial charge in [-0.3, -0.25) is 0 Å². The molecule has 1 aliphatic carbocycles. The van der Waals surface area contributed by atoms with Gasteiger partial charge in [0.25, 0.3) is 0 Å². The first-order valence-electron chi connectivity index (χ1n) is 6.13. The summed E-state index contributed by atoms with van der Waals surface area (Å²) in [6, 6.07) is 6.17. The molecule has 2 fully saturated rings.